The Balaban J connectivity index is 2.31. The molecular formula is C15H15ClF2N2. The highest BCUT2D eigenvalue weighted by atomic mass is 35.5. The SMILES string of the molecule is NCCNc1ccc(Cl)cc1Cc1cc(F)ccc1F. The number of rotatable bonds is 5. The molecule has 0 fully saturated rings. The van der Waals surface area contributed by atoms with Gasteiger partial charge in [-0.3, -0.25) is 0 Å². The zero-order valence-corrected chi connectivity index (χ0v) is 11.6. The average Bonchev–Trinajstić information content (AvgIpc) is 2.42. The van der Waals surface area contributed by atoms with Gasteiger partial charge in [0, 0.05) is 30.2 Å². The standard InChI is InChI=1S/C15H15ClF2N2/c16-12-1-4-15(20-6-5-19)11(8-12)7-10-9-13(17)2-3-14(10)18/h1-4,8-9,20H,5-7,19H2. The van der Waals surface area contributed by atoms with Gasteiger partial charge in [0.2, 0.25) is 0 Å². The van der Waals surface area contributed by atoms with Crippen LogP contribution in [-0.2, 0) is 6.42 Å². The van der Waals surface area contributed by atoms with E-state index in [-0.39, 0.29) is 6.42 Å². The summed E-state index contributed by atoms with van der Waals surface area (Å²) in [5.74, 6) is -0.893. The number of nitrogens with two attached hydrogens (primary N) is 1. The number of anilines is 1. The molecule has 2 aromatic carbocycles. The maximum Gasteiger partial charge on any atom is 0.126 e. The fourth-order valence-electron chi connectivity index (χ4n) is 1.97. The van der Waals surface area contributed by atoms with Crippen molar-refractivity contribution in [2.75, 3.05) is 18.4 Å². The van der Waals surface area contributed by atoms with Gasteiger partial charge in [0.25, 0.3) is 0 Å². The highest BCUT2D eigenvalue weighted by Crippen LogP contribution is 2.24. The van der Waals surface area contributed by atoms with Crippen LogP contribution in [0.2, 0.25) is 5.02 Å². The van der Waals surface area contributed by atoms with E-state index < -0.39 is 11.6 Å². The molecule has 2 nitrogen and oxygen atoms in total. The number of halogens is 3. The summed E-state index contributed by atoms with van der Waals surface area (Å²) < 4.78 is 26.9. The molecule has 0 aliphatic carbocycles. The fraction of sp³-hybridized carbons (Fsp3) is 0.200. The van der Waals surface area contributed by atoms with Crippen LogP contribution in [0.5, 0.6) is 0 Å². The van der Waals surface area contributed by atoms with Gasteiger partial charge in [0.05, 0.1) is 0 Å². The number of hydrogen-bond donors (Lipinski definition) is 2. The molecule has 0 spiro atoms. The van der Waals surface area contributed by atoms with E-state index in [1.807, 2.05) is 6.07 Å². The highest BCUT2D eigenvalue weighted by Gasteiger charge is 2.09. The average molecular weight is 297 g/mol. The van der Waals surface area contributed by atoms with Crippen LogP contribution in [0.3, 0.4) is 0 Å². The monoisotopic (exact) mass is 296 g/mol. The second kappa shape index (κ2) is 6.68. The van der Waals surface area contributed by atoms with Crippen LogP contribution in [0.1, 0.15) is 11.1 Å². The van der Waals surface area contributed by atoms with Gasteiger partial charge < -0.3 is 11.1 Å². The molecule has 0 amide bonds. The first kappa shape index (κ1) is 14.8. The largest absolute Gasteiger partial charge is 0.384 e. The maximum absolute atomic E-state index is 13.7. The molecule has 0 radical (unpaired) electrons. The summed E-state index contributed by atoms with van der Waals surface area (Å²) >= 11 is 5.97. The van der Waals surface area contributed by atoms with Crippen LogP contribution < -0.4 is 11.1 Å². The van der Waals surface area contributed by atoms with E-state index in [4.69, 9.17) is 17.3 Å². The molecule has 2 aromatic rings. The van der Waals surface area contributed by atoms with Crippen molar-refractivity contribution >= 4 is 17.3 Å². The summed E-state index contributed by atoms with van der Waals surface area (Å²) in [5.41, 5.74) is 7.37. The summed E-state index contributed by atoms with van der Waals surface area (Å²) in [6.45, 7) is 1.08. The maximum atomic E-state index is 13.7. The van der Waals surface area contributed by atoms with Crippen molar-refractivity contribution < 1.29 is 8.78 Å². The van der Waals surface area contributed by atoms with E-state index in [0.717, 1.165) is 23.4 Å². The van der Waals surface area contributed by atoms with Crippen molar-refractivity contribution in [2.24, 2.45) is 5.73 Å². The topological polar surface area (TPSA) is 38.0 Å². The van der Waals surface area contributed by atoms with E-state index >= 15 is 0 Å². The molecule has 0 aromatic heterocycles. The molecule has 0 atom stereocenters. The van der Waals surface area contributed by atoms with Crippen LogP contribution in [0, 0.1) is 11.6 Å². The molecular weight excluding hydrogens is 282 g/mol. The van der Waals surface area contributed by atoms with Crippen molar-refractivity contribution in [3.63, 3.8) is 0 Å². The summed E-state index contributed by atoms with van der Waals surface area (Å²) in [7, 11) is 0. The van der Waals surface area contributed by atoms with Crippen molar-refractivity contribution in [3.05, 3.63) is 64.2 Å². The Morgan fingerprint density at radius 2 is 1.85 bits per heavy atom. The van der Waals surface area contributed by atoms with E-state index in [1.54, 1.807) is 12.1 Å². The molecule has 0 aliphatic heterocycles. The number of nitrogens with one attached hydrogen (secondary N) is 1. The zero-order chi connectivity index (χ0) is 14.5. The van der Waals surface area contributed by atoms with Crippen LogP contribution in [-0.4, -0.2) is 13.1 Å². The third-order valence-corrected chi connectivity index (χ3v) is 3.15. The molecule has 106 valence electrons. The normalized spacial score (nSPS) is 10.6. The van der Waals surface area contributed by atoms with Crippen LogP contribution >= 0.6 is 11.6 Å². The Kier molecular flexibility index (Phi) is 4.93. The van der Waals surface area contributed by atoms with Gasteiger partial charge in [-0.05, 0) is 47.5 Å². The smallest absolute Gasteiger partial charge is 0.126 e. The van der Waals surface area contributed by atoms with Gasteiger partial charge in [0.1, 0.15) is 11.6 Å². The van der Waals surface area contributed by atoms with E-state index in [0.29, 0.717) is 23.7 Å². The van der Waals surface area contributed by atoms with Gasteiger partial charge in [-0.15, -0.1) is 0 Å². The molecule has 0 saturated carbocycles. The van der Waals surface area contributed by atoms with Crippen LogP contribution in [0.4, 0.5) is 14.5 Å². The molecule has 0 bridgehead atoms. The minimum atomic E-state index is -0.458. The molecule has 20 heavy (non-hydrogen) atoms. The van der Waals surface area contributed by atoms with Gasteiger partial charge in [-0.1, -0.05) is 11.6 Å². The lowest BCUT2D eigenvalue weighted by atomic mass is 10.0. The van der Waals surface area contributed by atoms with Crippen molar-refractivity contribution in [1.82, 2.24) is 0 Å². The van der Waals surface area contributed by atoms with Gasteiger partial charge in [-0.25, -0.2) is 8.78 Å². The molecule has 0 saturated heterocycles. The summed E-state index contributed by atoms with van der Waals surface area (Å²) in [4.78, 5) is 0. The quantitative estimate of drug-likeness (QED) is 0.885. The Bertz CT molecular complexity index is 602. The first-order valence-corrected chi connectivity index (χ1v) is 6.64. The molecule has 2 rings (SSSR count). The number of hydrogen-bond acceptors (Lipinski definition) is 2. The van der Waals surface area contributed by atoms with E-state index in [2.05, 4.69) is 5.32 Å². The first-order chi connectivity index (χ1) is 9.60. The third-order valence-electron chi connectivity index (χ3n) is 2.92. The lowest BCUT2D eigenvalue weighted by Crippen LogP contribution is -2.14. The molecule has 0 unspecified atom stereocenters. The van der Waals surface area contributed by atoms with Gasteiger partial charge in [0.15, 0.2) is 0 Å². The molecule has 0 heterocycles. The van der Waals surface area contributed by atoms with Crippen LogP contribution in [0.25, 0.3) is 0 Å². The Labute approximate surface area is 121 Å². The highest BCUT2D eigenvalue weighted by molar-refractivity contribution is 6.30. The fourth-order valence-corrected chi connectivity index (χ4v) is 2.17. The van der Waals surface area contributed by atoms with Crippen LogP contribution in [0.15, 0.2) is 36.4 Å². The summed E-state index contributed by atoms with van der Waals surface area (Å²) in [6.07, 6.45) is 0.261. The van der Waals surface area contributed by atoms with E-state index in [9.17, 15) is 8.78 Å². The first-order valence-electron chi connectivity index (χ1n) is 6.26. The summed E-state index contributed by atoms with van der Waals surface area (Å²) in [5, 5.41) is 3.70. The Hall–Kier alpha value is -1.65. The molecule has 0 aliphatic rings. The second-order valence-corrected chi connectivity index (χ2v) is 4.87. The molecule has 5 heteroatoms. The van der Waals surface area contributed by atoms with Gasteiger partial charge in [-0.2, -0.15) is 0 Å². The predicted octanol–water partition coefficient (Wildman–Crippen LogP) is 3.58. The lowest BCUT2D eigenvalue weighted by molar-refractivity contribution is 0.588. The second-order valence-electron chi connectivity index (χ2n) is 4.43. The van der Waals surface area contributed by atoms with Crippen molar-refractivity contribution in [3.8, 4) is 0 Å². The zero-order valence-electron chi connectivity index (χ0n) is 10.8. The number of benzene rings is 2. The van der Waals surface area contributed by atoms with Gasteiger partial charge >= 0.3 is 0 Å². The Morgan fingerprint density at radius 3 is 2.60 bits per heavy atom. The van der Waals surface area contributed by atoms with Crippen molar-refractivity contribution in [1.29, 1.82) is 0 Å². The summed E-state index contributed by atoms with van der Waals surface area (Å²) in [6, 6.07) is 8.72. The third kappa shape index (κ3) is 3.68. The lowest BCUT2D eigenvalue weighted by Gasteiger charge is -2.12. The minimum Gasteiger partial charge on any atom is -0.384 e. The predicted molar refractivity (Wildman–Crippen MR) is 78.2 cm³/mol. The minimum absolute atomic E-state index is 0.261. The molecule has 3 N–H and O–H groups in total. The van der Waals surface area contributed by atoms with E-state index in [1.165, 1.54) is 6.07 Å². The van der Waals surface area contributed by atoms with Crippen molar-refractivity contribution in [2.45, 2.75) is 6.42 Å². The Morgan fingerprint density at radius 1 is 1.05 bits per heavy atom.